The number of carbonyl (C=O) groups excluding carboxylic acids is 1. The lowest BCUT2D eigenvalue weighted by Gasteiger charge is -2.38. The summed E-state index contributed by atoms with van der Waals surface area (Å²) >= 11 is 0. The van der Waals surface area contributed by atoms with Gasteiger partial charge in [0, 0.05) is 25.7 Å². The predicted octanol–water partition coefficient (Wildman–Crippen LogP) is 1.64. The highest BCUT2D eigenvalue weighted by atomic mass is 16.5. The van der Waals surface area contributed by atoms with Crippen molar-refractivity contribution in [2.75, 3.05) is 32.8 Å². The molecule has 0 aromatic carbocycles. The maximum Gasteiger partial charge on any atom is 0.236 e. The minimum atomic E-state index is -0.386. The quantitative estimate of drug-likeness (QED) is 0.810. The van der Waals surface area contributed by atoms with Crippen LogP contribution in [-0.2, 0) is 9.53 Å². The van der Waals surface area contributed by atoms with E-state index in [1.165, 1.54) is 19.3 Å². The first kappa shape index (κ1) is 17.7. The van der Waals surface area contributed by atoms with Gasteiger partial charge < -0.3 is 14.7 Å². The highest BCUT2D eigenvalue weighted by Crippen LogP contribution is 2.23. The third-order valence-electron chi connectivity index (χ3n) is 4.88. The lowest BCUT2D eigenvalue weighted by Crippen LogP contribution is -2.51. The highest BCUT2D eigenvalue weighted by Gasteiger charge is 2.28. The van der Waals surface area contributed by atoms with Gasteiger partial charge in [-0.1, -0.05) is 26.2 Å². The maximum atomic E-state index is 12.6. The largest absolute Gasteiger partial charge is 0.392 e. The van der Waals surface area contributed by atoms with Crippen LogP contribution in [0, 0.1) is 0 Å². The molecule has 0 aromatic rings. The molecule has 2 aliphatic rings. The zero-order valence-electron chi connectivity index (χ0n) is 14.2. The van der Waals surface area contributed by atoms with Gasteiger partial charge in [-0.2, -0.15) is 0 Å². The van der Waals surface area contributed by atoms with Crippen molar-refractivity contribution in [2.45, 2.75) is 70.6 Å². The first-order valence-electron chi connectivity index (χ1n) is 8.91. The zero-order chi connectivity index (χ0) is 15.9. The van der Waals surface area contributed by atoms with Crippen molar-refractivity contribution in [3.05, 3.63) is 0 Å². The van der Waals surface area contributed by atoms with Crippen LogP contribution in [0.1, 0.15) is 52.4 Å². The maximum absolute atomic E-state index is 12.6. The van der Waals surface area contributed by atoms with Crippen molar-refractivity contribution >= 4 is 5.91 Å². The fourth-order valence-corrected chi connectivity index (χ4v) is 3.59. The predicted molar refractivity (Wildman–Crippen MR) is 86.7 cm³/mol. The van der Waals surface area contributed by atoms with Gasteiger partial charge in [-0.3, -0.25) is 9.69 Å². The van der Waals surface area contributed by atoms with Crippen LogP contribution in [-0.4, -0.2) is 71.8 Å². The summed E-state index contributed by atoms with van der Waals surface area (Å²) in [5, 5.41) is 9.77. The number of ether oxygens (including phenoxy) is 1. The molecule has 1 N–H and O–H groups in total. The molecule has 5 nitrogen and oxygen atoms in total. The third kappa shape index (κ3) is 5.21. The molecule has 1 saturated heterocycles. The Bertz CT molecular complexity index is 343. The minimum Gasteiger partial charge on any atom is -0.392 e. The molecule has 1 saturated carbocycles. The van der Waals surface area contributed by atoms with Gasteiger partial charge in [-0.05, 0) is 26.2 Å². The van der Waals surface area contributed by atoms with Gasteiger partial charge in [-0.25, -0.2) is 0 Å². The molecule has 1 amide bonds. The molecule has 1 heterocycles. The molecule has 2 atom stereocenters. The van der Waals surface area contributed by atoms with E-state index in [0.29, 0.717) is 38.8 Å². The first-order valence-corrected chi connectivity index (χ1v) is 8.91. The molecule has 0 aromatic heterocycles. The van der Waals surface area contributed by atoms with E-state index in [-0.39, 0.29) is 18.1 Å². The minimum absolute atomic E-state index is 0.178. The van der Waals surface area contributed by atoms with Crippen molar-refractivity contribution < 1.29 is 14.6 Å². The molecule has 0 bridgehead atoms. The van der Waals surface area contributed by atoms with Crippen molar-refractivity contribution in [3.63, 3.8) is 0 Å². The van der Waals surface area contributed by atoms with Crippen LogP contribution in [0.3, 0.4) is 0 Å². The van der Waals surface area contributed by atoms with Crippen LogP contribution in [0.4, 0.5) is 0 Å². The van der Waals surface area contributed by atoms with E-state index >= 15 is 0 Å². The van der Waals surface area contributed by atoms with E-state index in [9.17, 15) is 9.90 Å². The third-order valence-corrected chi connectivity index (χ3v) is 4.88. The molecular formula is C17H32N2O3. The van der Waals surface area contributed by atoms with E-state index in [1.807, 2.05) is 11.8 Å². The Labute approximate surface area is 134 Å². The summed E-state index contributed by atoms with van der Waals surface area (Å²) in [4.78, 5) is 16.8. The summed E-state index contributed by atoms with van der Waals surface area (Å²) in [5.41, 5.74) is 0. The number of amides is 1. The number of aliphatic hydroxyl groups excluding tert-OH is 1. The first-order chi connectivity index (χ1) is 10.6. The number of hydrogen-bond donors (Lipinski definition) is 1. The molecule has 0 radical (unpaired) electrons. The zero-order valence-corrected chi connectivity index (χ0v) is 14.2. The van der Waals surface area contributed by atoms with Gasteiger partial charge in [0.15, 0.2) is 0 Å². The second-order valence-electron chi connectivity index (χ2n) is 6.81. The summed E-state index contributed by atoms with van der Waals surface area (Å²) in [6.45, 7) is 6.99. The van der Waals surface area contributed by atoms with Crippen molar-refractivity contribution in [1.82, 2.24) is 9.80 Å². The van der Waals surface area contributed by atoms with Crippen molar-refractivity contribution in [2.24, 2.45) is 0 Å². The molecule has 1 aliphatic carbocycles. The van der Waals surface area contributed by atoms with Gasteiger partial charge >= 0.3 is 0 Å². The lowest BCUT2D eigenvalue weighted by molar-refractivity contribution is -0.141. The van der Waals surface area contributed by atoms with Crippen LogP contribution in [0.2, 0.25) is 0 Å². The Balaban J connectivity index is 1.91. The molecule has 2 fully saturated rings. The van der Waals surface area contributed by atoms with Gasteiger partial charge in [0.25, 0.3) is 0 Å². The van der Waals surface area contributed by atoms with Crippen LogP contribution in [0.15, 0.2) is 0 Å². The second kappa shape index (κ2) is 8.85. The van der Waals surface area contributed by atoms with Crippen LogP contribution in [0.25, 0.3) is 0 Å². The SMILES string of the molecule is CC[C@@H]1CN(C(=O)CN(C[C@@H](C)O)C2CCCCC2)CCO1. The molecule has 2 rings (SSSR count). The van der Waals surface area contributed by atoms with E-state index < -0.39 is 0 Å². The van der Waals surface area contributed by atoms with Gasteiger partial charge in [-0.15, -0.1) is 0 Å². The monoisotopic (exact) mass is 312 g/mol. The molecule has 0 spiro atoms. The summed E-state index contributed by atoms with van der Waals surface area (Å²) in [5.74, 6) is 0.188. The topological polar surface area (TPSA) is 53.0 Å². The fourth-order valence-electron chi connectivity index (χ4n) is 3.59. The standard InChI is InChI=1S/C17H32N2O3/c1-3-16-12-18(9-10-22-16)17(21)13-19(11-14(2)20)15-7-5-4-6-8-15/h14-16,20H,3-13H2,1-2H3/t14-,16-/m1/s1. The van der Waals surface area contributed by atoms with Crippen molar-refractivity contribution in [1.29, 1.82) is 0 Å². The molecular weight excluding hydrogens is 280 g/mol. The van der Waals surface area contributed by atoms with Crippen LogP contribution in [0.5, 0.6) is 0 Å². The highest BCUT2D eigenvalue weighted by molar-refractivity contribution is 5.78. The summed E-state index contributed by atoms with van der Waals surface area (Å²) in [6, 6.07) is 0.454. The van der Waals surface area contributed by atoms with Crippen molar-refractivity contribution in [3.8, 4) is 0 Å². The van der Waals surface area contributed by atoms with Gasteiger partial charge in [0.05, 0.1) is 25.4 Å². The normalized spacial score (nSPS) is 25.5. The smallest absolute Gasteiger partial charge is 0.236 e. The second-order valence-corrected chi connectivity index (χ2v) is 6.81. The van der Waals surface area contributed by atoms with E-state index in [4.69, 9.17) is 4.74 Å². The number of nitrogens with zero attached hydrogens (tertiary/aromatic N) is 2. The number of morpholine rings is 1. The molecule has 5 heteroatoms. The molecule has 1 aliphatic heterocycles. The number of carbonyl (C=O) groups is 1. The van der Waals surface area contributed by atoms with Crippen LogP contribution < -0.4 is 0 Å². The average Bonchev–Trinajstić information content (AvgIpc) is 2.54. The Morgan fingerprint density at radius 2 is 2.09 bits per heavy atom. The Hall–Kier alpha value is -0.650. The number of hydrogen-bond acceptors (Lipinski definition) is 4. The fraction of sp³-hybridized carbons (Fsp3) is 0.941. The van der Waals surface area contributed by atoms with E-state index in [0.717, 1.165) is 19.3 Å². The van der Waals surface area contributed by atoms with Crippen LogP contribution >= 0.6 is 0 Å². The average molecular weight is 312 g/mol. The van der Waals surface area contributed by atoms with E-state index in [1.54, 1.807) is 0 Å². The number of rotatable bonds is 6. The summed E-state index contributed by atoms with van der Waals surface area (Å²) in [6.07, 6.45) is 6.83. The van der Waals surface area contributed by atoms with E-state index in [2.05, 4.69) is 11.8 Å². The number of aliphatic hydroxyl groups is 1. The molecule has 128 valence electrons. The Morgan fingerprint density at radius 1 is 1.36 bits per heavy atom. The molecule has 0 unspecified atom stereocenters. The lowest BCUT2D eigenvalue weighted by atomic mass is 9.94. The Morgan fingerprint density at radius 3 is 2.73 bits per heavy atom. The molecule has 22 heavy (non-hydrogen) atoms. The van der Waals surface area contributed by atoms with Gasteiger partial charge in [0.1, 0.15) is 0 Å². The summed E-state index contributed by atoms with van der Waals surface area (Å²) < 4.78 is 5.65. The van der Waals surface area contributed by atoms with Gasteiger partial charge in [0.2, 0.25) is 5.91 Å². The Kier molecular flexibility index (Phi) is 7.12. The summed E-state index contributed by atoms with van der Waals surface area (Å²) in [7, 11) is 0.